The minimum Gasteiger partial charge on any atom is -0.298 e. The highest BCUT2D eigenvalue weighted by Gasteiger charge is 2.01. The lowest BCUT2D eigenvalue weighted by molar-refractivity contribution is -0.111. The maximum absolute atomic E-state index is 11.6. The first-order chi connectivity index (χ1) is 8.63. The molecule has 0 unspecified atom stereocenters. The number of amides is 1. The van der Waals surface area contributed by atoms with Crippen LogP contribution in [0.3, 0.4) is 0 Å². The maximum Gasteiger partial charge on any atom is 0.250 e. The number of anilines is 1. The number of hydrogen-bond acceptors (Lipinski definition) is 3. The number of thiazole rings is 1. The van der Waals surface area contributed by atoms with Gasteiger partial charge in [0.2, 0.25) is 5.91 Å². The molecule has 0 spiro atoms. The Morgan fingerprint density at radius 3 is 2.72 bits per heavy atom. The summed E-state index contributed by atoms with van der Waals surface area (Å²) in [6, 6.07) is 7.26. The Bertz CT molecular complexity index is 575. The van der Waals surface area contributed by atoms with Gasteiger partial charge in [-0.1, -0.05) is 23.7 Å². The van der Waals surface area contributed by atoms with Gasteiger partial charge >= 0.3 is 0 Å². The van der Waals surface area contributed by atoms with Crippen LogP contribution in [0, 0.1) is 6.92 Å². The summed E-state index contributed by atoms with van der Waals surface area (Å²) in [6.45, 7) is 1.88. The topological polar surface area (TPSA) is 42.0 Å². The van der Waals surface area contributed by atoms with Crippen LogP contribution in [0.5, 0.6) is 0 Å². The summed E-state index contributed by atoms with van der Waals surface area (Å²) in [4.78, 5) is 15.8. The third-order valence-electron chi connectivity index (χ3n) is 2.15. The third kappa shape index (κ3) is 3.68. The largest absolute Gasteiger partial charge is 0.298 e. The number of nitrogens with one attached hydrogen (secondary N) is 1. The SMILES string of the molecule is Cc1csc(NC(=O)C=Cc2ccc(Cl)cc2)n1. The first-order valence-corrected chi connectivity index (χ1v) is 6.56. The zero-order valence-corrected chi connectivity index (χ0v) is 11.3. The fraction of sp³-hybridized carbons (Fsp3) is 0.0769. The van der Waals surface area contributed by atoms with Crippen LogP contribution >= 0.6 is 22.9 Å². The normalized spacial score (nSPS) is 10.8. The van der Waals surface area contributed by atoms with E-state index >= 15 is 0 Å². The van der Waals surface area contributed by atoms with Gasteiger partial charge in [-0.25, -0.2) is 4.98 Å². The van der Waals surface area contributed by atoms with Gasteiger partial charge < -0.3 is 0 Å². The number of carbonyl (C=O) groups is 1. The Morgan fingerprint density at radius 2 is 2.11 bits per heavy atom. The summed E-state index contributed by atoms with van der Waals surface area (Å²) in [6.07, 6.45) is 3.20. The van der Waals surface area contributed by atoms with Crippen molar-refractivity contribution in [2.75, 3.05) is 5.32 Å². The number of hydrogen-bond donors (Lipinski definition) is 1. The van der Waals surface area contributed by atoms with Crippen molar-refractivity contribution >= 4 is 40.1 Å². The van der Waals surface area contributed by atoms with E-state index in [0.29, 0.717) is 10.2 Å². The summed E-state index contributed by atoms with van der Waals surface area (Å²) < 4.78 is 0. The van der Waals surface area contributed by atoms with Crippen molar-refractivity contribution in [2.45, 2.75) is 6.92 Å². The van der Waals surface area contributed by atoms with Gasteiger partial charge in [-0.15, -0.1) is 11.3 Å². The van der Waals surface area contributed by atoms with Crippen LogP contribution in [0.25, 0.3) is 6.08 Å². The molecular weight excluding hydrogens is 268 g/mol. The molecule has 1 N–H and O–H groups in total. The van der Waals surface area contributed by atoms with Crippen LogP contribution < -0.4 is 5.32 Å². The van der Waals surface area contributed by atoms with E-state index in [9.17, 15) is 4.79 Å². The minimum atomic E-state index is -0.195. The van der Waals surface area contributed by atoms with Crippen LogP contribution in [-0.4, -0.2) is 10.9 Å². The highest BCUT2D eigenvalue weighted by Crippen LogP contribution is 2.14. The monoisotopic (exact) mass is 278 g/mol. The van der Waals surface area contributed by atoms with E-state index in [0.717, 1.165) is 11.3 Å². The van der Waals surface area contributed by atoms with Crippen LogP contribution in [-0.2, 0) is 4.79 Å². The highest BCUT2D eigenvalue weighted by molar-refractivity contribution is 7.13. The minimum absolute atomic E-state index is 0.195. The molecule has 0 saturated carbocycles. The van der Waals surface area contributed by atoms with Crippen LogP contribution in [0.4, 0.5) is 5.13 Å². The highest BCUT2D eigenvalue weighted by atomic mass is 35.5. The Labute approximate surface area is 114 Å². The van der Waals surface area contributed by atoms with Crippen molar-refractivity contribution in [2.24, 2.45) is 0 Å². The van der Waals surface area contributed by atoms with Crippen molar-refractivity contribution in [3.63, 3.8) is 0 Å². The smallest absolute Gasteiger partial charge is 0.250 e. The summed E-state index contributed by atoms with van der Waals surface area (Å²) in [5.74, 6) is -0.195. The molecule has 0 aliphatic carbocycles. The van der Waals surface area contributed by atoms with Gasteiger partial charge in [0.25, 0.3) is 0 Å². The molecule has 3 nitrogen and oxygen atoms in total. The van der Waals surface area contributed by atoms with E-state index in [-0.39, 0.29) is 5.91 Å². The molecule has 0 radical (unpaired) electrons. The molecule has 1 aromatic heterocycles. The molecule has 0 saturated heterocycles. The molecule has 0 aliphatic heterocycles. The van der Waals surface area contributed by atoms with E-state index in [4.69, 9.17) is 11.6 Å². The quantitative estimate of drug-likeness (QED) is 0.869. The van der Waals surface area contributed by atoms with Gasteiger partial charge in [0.1, 0.15) is 0 Å². The number of aryl methyl sites for hydroxylation is 1. The standard InChI is InChI=1S/C13H11ClN2OS/c1-9-8-18-13(15-9)16-12(17)7-4-10-2-5-11(14)6-3-10/h2-8H,1H3,(H,15,16,17). The molecule has 2 aromatic rings. The van der Waals surface area contributed by atoms with Crippen molar-refractivity contribution in [3.8, 4) is 0 Å². The second kappa shape index (κ2) is 5.80. The molecule has 0 fully saturated rings. The van der Waals surface area contributed by atoms with Crippen LogP contribution in [0.2, 0.25) is 5.02 Å². The number of aromatic nitrogens is 1. The Balaban J connectivity index is 1.96. The van der Waals surface area contributed by atoms with Crippen LogP contribution in [0.15, 0.2) is 35.7 Å². The van der Waals surface area contributed by atoms with Gasteiger partial charge in [-0.2, -0.15) is 0 Å². The van der Waals surface area contributed by atoms with E-state index in [1.807, 2.05) is 24.4 Å². The van der Waals surface area contributed by atoms with Gasteiger partial charge in [-0.05, 0) is 30.7 Å². The molecule has 1 amide bonds. The molecule has 5 heteroatoms. The van der Waals surface area contributed by atoms with Crippen molar-refractivity contribution in [1.29, 1.82) is 0 Å². The number of halogens is 1. The first-order valence-electron chi connectivity index (χ1n) is 5.30. The number of carbonyl (C=O) groups excluding carboxylic acids is 1. The Morgan fingerprint density at radius 1 is 1.39 bits per heavy atom. The molecule has 18 heavy (non-hydrogen) atoms. The summed E-state index contributed by atoms with van der Waals surface area (Å²) in [5, 5.41) is 5.87. The number of nitrogens with zero attached hydrogens (tertiary/aromatic N) is 1. The summed E-state index contributed by atoms with van der Waals surface area (Å²) >= 11 is 7.18. The summed E-state index contributed by atoms with van der Waals surface area (Å²) in [7, 11) is 0. The van der Waals surface area contributed by atoms with Gasteiger partial charge in [-0.3, -0.25) is 10.1 Å². The predicted molar refractivity (Wildman–Crippen MR) is 76.0 cm³/mol. The second-order valence-electron chi connectivity index (χ2n) is 3.67. The van der Waals surface area contributed by atoms with E-state index in [2.05, 4.69) is 10.3 Å². The molecule has 2 rings (SSSR count). The maximum atomic E-state index is 11.6. The molecular formula is C13H11ClN2OS. The van der Waals surface area contributed by atoms with E-state index in [1.165, 1.54) is 17.4 Å². The van der Waals surface area contributed by atoms with Gasteiger partial charge in [0.05, 0.1) is 5.69 Å². The third-order valence-corrected chi connectivity index (χ3v) is 3.27. The molecule has 0 bridgehead atoms. The first kappa shape index (κ1) is 12.8. The van der Waals surface area contributed by atoms with Crippen molar-refractivity contribution in [1.82, 2.24) is 4.98 Å². The molecule has 0 aliphatic rings. The average Bonchev–Trinajstić information content (AvgIpc) is 2.74. The lowest BCUT2D eigenvalue weighted by Gasteiger charge is -1.96. The van der Waals surface area contributed by atoms with Crippen molar-refractivity contribution in [3.05, 3.63) is 52.0 Å². The second-order valence-corrected chi connectivity index (χ2v) is 4.96. The van der Waals surface area contributed by atoms with Gasteiger partial charge in [0, 0.05) is 16.5 Å². The predicted octanol–water partition coefficient (Wildman–Crippen LogP) is 3.76. The molecule has 0 atom stereocenters. The Kier molecular flexibility index (Phi) is 4.12. The molecule has 1 heterocycles. The zero-order chi connectivity index (χ0) is 13.0. The number of rotatable bonds is 3. The fourth-order valence-electron chi connectivity index (χ4n) is 1.30. The lowest BCUT2D eigenvalue weighted by Crippen LogP contribution is -2.07. The zero-order valence-electron chi connectivity index (χ0n) is 9.68. The van der Waals surface area contributed by atoms with E-state index < -0.39 is 0 Å². The average molecular weight is 279 g/mol. The van der Waals surface area contributed by atoms with E-state index in [1.54, 1.807) is 18.2 Å². The van der Waals surface area contributed by atoms with Crippen LogP contribution in [0.1, 0.15) is 11.3 Å². The lowest BCUT2D eigenvalue weighted by atomic mass is 10.2. The van der Waals surface area contributed by atoms with Gasteiger partial charge in [0.15, 0.2) is 5.13 Å². The van der Waals surface area contributed by atoms with Crippen molar-refractivity contribution < 1.29 is 4.79 Å². The number of benzene rings is 1. The molecule has 1 aromatic carbocycles. The fourth-order valence-corrected chi connectivity index (χ4v) is 2.12. The summed E-state index contributed by atoms with van der Waals surface area (Å²) in [5.41, 5.74) is 1.82. The Hall–Kier alpha value is -1.65. The molecule has 92 valence electrons.